The van der Waals surface area contributed by atoms with E-state index in [1.165, 1.54) is 11.8 Å². The monoisotopic (exact) mass is 475 g/mol. The molecule has 7 nitrogen and oxygen atoms in total. The topological polar surface area (TPSA) is 75.5 Å². The van der Waals surface area contributed by atoms with Crippen LogP contribution in [0.1, 0.15) is 15.9 Å². The molecule has 8 heteroatoms. The van der Waals surface area contributed by atoms with Crippen LogP contribution < -0.4 is 14.2 Å². The van der Waals surface area contributed by atoms with Crippen LogP contribution in [0.3, 0.4) is 0 Å². The maximum absolute atomic E-state index is 13.1. The summed E-state index contributed by atoms with van der Waals surface area (Å²) in [7, 11) is 4.74. The Kier molecular flexibility index (Phi) is 7.18. The van der Waals surface area contributed by atoms with Gasteiger partial charge in [0.15, 0.2) is 16.8 Å². The van der Waals surface area contributed by atoms with Crippen molar-refractivity contribution in [3.8, 4) is 34.3 Å². The highest BCUT2D eigenvalue weighted by atomic mass is 32.2. The third-order valence-electron chi connectivity index (χ3n) is 5.38. The lowest BCUT2D eigenvalue weighted by Crippen LogP contribution is -2.07. The highest BCUT2D eigenvalue weighted by molar-refractivity contribution is 7.99. The van der Waals surface area contributed by atoms with Gasteiger partial charge < -0.3 is 14.2 Å². The minimum atomic E-state index is -0.0916. The van der Waals surface area contributed by atoms with E-state index in [2.05, 4.69) is 10.2 Å². The standard InChI is InChI=1S/C26H25N3O4S/c1-17-7-5-6-8-22(17)29-25(18-9-11-19(31-2)12-10-18)27-28-26(29)34-16-23(30)21-15-20(32-3)13-14-24(21)33-4/h5-15H,16H2,1-4H3. The Morgan fingerprint density at radius 2 is 1.59 bits per heavy atom. The van der Waals surface area contributed by atoms with Gasteiger partial charge in [0.2, 0.25) is 0 Å². The van der Waals surface area contributed by atoms with Crippen molar-refractivity contribution >= 4 is 17.5 Å². The summed E-state index contributed by atoms with van der Waals surface area (Å²) in [5.74, 6) is 2.62. The first-order valence-electron chi connectivity index (χ1n) is 10.6. The second-order valence-corrected chi connectivity index (χ2v) is 8.38. The first-order chi connectivity index (χ1) is 16.5. The van der Waals surface area contributed by atoms with E-state index in [0.717, 1.165) is 22.6 Å². The molecule has 0 aliphatic heterocycles. The normalized spacial score (nSPS) is 10.7. The van der Waals surface area contributed by atoms with Gasteiger partial charge in [0, 0.05) is 5.56 Å². The van der Waals surface area contributed by atoms with E-state index in [0.29, 0.717) is 28.0 Å². The summed E-state index contributed by atoms with van der Waals surface area (Å²) in [4.78, 5) is 13.1. The maximum Gasteiger partial charge on any atom is 0.196 e. The summed E-state index contributed by atoms with van der Waals surface area (Å²) in [6, 6.07) is 20.9. The molecule has 0 N–H and O–H groups in total. The number of aryl methyl sites for hydroxylation is 1. The molecule has 4 rings (SSSR count). The van der Waals surface area contributed by atoms with Gasteiger partial charge in [-0.25, -0.2) is 0 Å². The number of hydrogen-bond donors (Lipinski definition) is 0. The predicted molar refractivity (Wildman–Crippen MR) is 133 cm³/mol. The number of para-hydroxylation sites is 1. The third kappa shape index (κ3) is 4.77. The lowest BCUT2D eigenvalue weighted by atomic mass is 10.1. The lowest BCUT2D eigenvalue weighted by molar-refractivity contribution is 0.101. The Hall–Kier alpha value is -3.78. The number of carbonyl (C=O) groups is 1. The van der Waals surface area contributed by atoms with Crippen molar-refractivity contribution in [1.29, 1.82) is 0 Å². The molecule has 0 saturated heterocycles. The molecule has 1 aromatic heterocycles. The Labute approximate surface area is 202 Å². The zero-order valence-corrected chi connectivity index (χ0v) is 20.3. The molecule has 4 aromatic rings. The van der Waals surface area contributed by atoms with Crippen molar-refractivity contribution in [2.45, 2.75) is 12.1 Å². The number of nitrogens with zero attached hydrogens (tertiary/aromatic N) is 3. The van der Waals surface area contributed by atoms with Gasteiger partial charge >= 0.3 is 0 Å². The number of methoxy groups -OCH3 is 3. The molecular formula is C26H25N3O4S. The van der Waals surface area contributed by atoms with Gasteiger partial charge in [-0.1, -0.05) is 30.0 Å². The minimum Gasteiger partial charge on any atom is -0.497 e. The van der Waals surface area contributed by atoms with Crippen LogP contribution in [0.15, 0.2) is 71.9 Å². The highest BCUT2D eigenvalue weighted by Gasteiger charge is 2.20. The number of carbonyl (C=O) groups excluding carboxylic acids is 1. The summed E-state index contributed by atoms with van der Waals surface area (Å²) >= 11 is 1.33. The number of rotatable bonds is 9. The second-order valence-electron chi connectivity index (χ2n) is 7.43. The highest BCUT2D eigenvalue weighted by Crippen LogP contribution is 2.32. The van der Waals surface area contributed by atoms with Crippen LogP contribution in [0.25, 0.3) is 17.1 Å². The van der Waals surface area contributed by atoms with E-state index in [4.69, 9.17) is 14.2 Å². The van der Waals surface area contributed by atoms with E-state index >= 15 is 0 Å². The van der Waals surface area contributed by atoms with Gasteiger partial charge in [-0.15, -0.1) is 10.2 Å². The van der Waals surface area contributed by atoms with Gasteiger partial charge in [-0.3, -0.25) is 9.36 Å². The number of Topliss-reactive ketones (excluding diaryl/α,β-unsaturated/α-hetero) is 1. The van der Waals surface area contributed by atoms with Crippen LogP contribution >= 0.6 is 11.8 Å². The van der Waals surface area contributed by atoms with E-state index in [1.54, 1.807) is 39.5 Å². The van der Waals surface area contributed by atoms with Crippen LogP contribution in [-0.2, 0) is 0 Å². The van der Waals surface area contributed by atoms with Gasteiger partial charge in [-0.2, -0.15) is 0 Å². The third-order valence-corrected chi connectivity index (χ3v) is 6.31. The summed E-state index contributed by atoms with van der Waals surface area (Å²) in [5, 5.41) is 9.52. The molecule has 1 heterocycles. The molecule has 0 atom stereocenters. The van der Waals surface area contributed by atoms with Crippen LogP contribution in [0.4, 0.5) is 0 Å². The summed E-state index contributed by atoms with van der Waals surface area (Å²) in [6.45, 7) is 2.04. The molecule has 0 aliphatic rings. The first-order valence-corrected chi connectivity index (χ1v) is 11.6. The summed E-state index contributed by atoms with van der Waals surface area (Å²) < 4.78 is 17.9. The number of ketones is 1. The molecule has 0 bridgehead atoms. The van der Waals surface area contributed by atoms with E-state index < -0.39 is 0 Å². The predicted octanol–water partition coefficient (Wildman–Crippen LogP) is 5.24. The molecule has 3 aromatic carbocycles. The Morgan fingerprint density at radius 1 is 0.882 bits per heavy atom. The molecular weight excluding hydrogens is 450 g/mol. The zero-order valence-electron chi connectivity index (χ0n) is 19.4. The molecule has 0 radical (unpaired) electrons. The molecule has 0 fully saturated rings. The Morgan fingerprint density at radius 3 is 2.26 bits per heavy atom. The van der Waals surface area contributed by atoms with Crippen molar-refractivity contribution in [2.24, 2.45) is 0 Å². The van der Waals surface area contributed by atoms with E-state index in [1.807, 2.05) is 60.0 Å². The number of ether oxygens (including phenoxy) is 3. The van der Waals surface area contributed by atoms with Crippen molar-refractivity contribution in [3.63, 3.8) is 0 Å². The molecule has 0 unspecified atom stereocenters. The van der Waals surface area contributed by atoms with Gasteiger partial charge in [0.05, 0.1) is 38.3 Å². The molecule has 174 valence electrons. The number of hydrogen-bond acceptors (Lipinski definition) is 7. The number of benzene rings is 3. The van der Waals surface area contributed by atoms with Crippen molar-refractivity contribution in [3.05, 3.63) is 77.9 Å². The summed E-state index contributed by atoms with van der Waals surface area (Å²) in [5.41, 5.74) is 3.38. The number of aromatic nitrogens is 3. The average Bonchev–Trinajstić information content (AvgIpc) is 3.30. The SMILES string of the molecule is COc1ccc(-c2nnc(SCC(=O)c3cc(OC)ccc3OC)n2-c2ccccc2C)cc1. The van der Waals surface area contributed by atoms with Crippen LogP contribution in [0.2, 0.25) is 0 Å². The molecule has 0 spiro atoms. The van der Waals surface area contributed by atoms with Crippen molar-refractivity contribution in [1.82, 2.24) is 14.8 Å². The molecule has 0 aliphatic carbocycles. The first kappa shape index (κ1) is 23.4. The molecule has 0 saturated carbocycles. The van der Waals surface area contributed by atoms with Crippen molar-refractivity contribution in [2.75, 3.05) is 27.1 Å². The van der Waals surface area contributed by atoms with Crippen LogP contribution in [0, 0.1) is 6.92 Å². The number of thioether (sulfide) groups is 1. The Bertz CT molecular complexity index is 1300. The summed E-state index contributed by atoms with van der Waals surface area (Å²) in [6.07, 6.45) is 0. The fraction of sp³-hybridized carbons (Fsp3) is 0.192. The Balaban J connectivity index is 1.69. The van der Waals surface area contributed by atoms with Gasteiger partial charge in [0.1, 0.15) is 17.2 Å². The fourth-order valence-electron chi connectivity index (χ4n) is 3.56. The quantitative estimate of drug-likeness (QED) is 0.242. The lowest BCUT2D eigenvalue weighted by Gasteiger charge is -2.13. The largest absolute Gasteiger partial charge is 0.497 e. The maximum atomic E-state index is 13.1. The van der Waals surface area contributed by atoms with Crippen molar-refractivity contribution < 1.29 is 19.0 Å². The fourth-order valence-corrected chi connectivity index (χ4v) is 4.39. The van der Waals surface area contributed by atoms with Crippen LogP contribution in [0.5, 0.6) is 17.2 Å². The molecule has 0 amide bonds. The second kappa shape index (κ2) is 10.4. The molecule has 34 heavy (non-hydrogen) atoms. The zero-order chi connectivity index (χ0) is 24.1. The van der Waals surface area contributed by atoms with Gasteiger partial charge in [-0.05, 0) is 61.0 Å². The smallest absolute Gasteiger partial charge is 0.196 e. The van der Waals surface area contributed by atoms with E-state index in [9.17, 15) is 4.79 Å². The average molecular weight is 476 g/mol. The van der Waals surface area contributed by atoms with Crippen LogP contribution in [-0.4, -0.2) is 47.6 Å². The minimum absolute atomic E-state index is 0.0916. The van der Waals surface area contributed by atoms with Gasteiger partial charge in [0.25, 0.3) is 0 Å². The van der Waals surface area contributed by atoms with E-state index in [-0.39, 0.29) is 11.5 Å².